The average molecular weight is 235 g/mol. The van der Waals surface area contributed by atoms with E-state index in [1.807, 2.05) is 24.3 Å². The Kier molecular flexibility index (Phi) is 2.87. The Balaban J connectivity index is 2.31. The SMILES string of the molecule is COc1ccc(-c2csc(C(=O)O)n2)cc1. The van der Waals surface area contributed by atoms with Crippen LogP contribution in [0.1, 0.15) is 9.80 Å². The number of methoxy groups -OCH3 is 1. The molecule has 2 rings (SSSR count). The van der Waals surface area contributed by atoms with E-state index >= 15 is 0 Å². The number of nitrogens with zero attached hydrogens (tertiary/aromatic N) is 1. The van der Waals surface area contributed by atoms with Gasteiger partial charge in [0.2, 0.25) is 5.01 Å². The van der Waals surface area contributed by atoms with E-state index in [1.165, 1.54) is 0 Å². The fourth-order valence-corrected chi connectivity index (χ4v) is 1.93. The number of rotatable bonds is 3. The van der Waals surface area contributed by atoms with Gasteiger partial charge in [0.15, 0.2) is 0 Å². The van der Waals surface area contributed by atoms with E-state index in [-0.39, 0.29) is 5.01 Å². The highest BCUT2D eigenvalue weighted by Crippen LogP contribution is 2.23. The van der Waals surface area contributed by atoms with Crippen LogP contribution in [0.2, 0.25) is 0 Å². The van der Waals surface area contributed by atoms with E-state index in [0.29, 0.717) is 5.69 Å². The first kappa shape index (κ1) is 10.6. The fraction of sp³-hybridized carbons (Fsp3) is 0.0909. The lowest BCUT2D eigenvalue weighted by Gasteiger charge is -2.00. The van der Waals surface area contributed by atoms with Gasteiger partial charge in [-0.05, 0) is 24.3 Å². The van der Waals surface area contributed by atoms with Crippen molar-refractivity contribution in [3.8, 4) is 17.0 Å². The lowest BCUT2D eigenvalue weighted by atomic mass is 10.2. The number of thiazole rings is 1. The molecule has 0 spiro atoms. The van der Waals surface area contributed by atoms with Gasteiger partial charge in [-0.2, -0.15) is 0 Å². The minimum Gasteiger partial charge on any atom is -0.497 e. The molecule has 5 heteroatoms. The largest absolute Gasteiger partial charge is 0.497 e. The van der Waals surface area contributed by atoms with Gasteiger partial charge < -0.3 is 9.84 Å². The van der Waals surface area contributed by atoms with Crippen molar-refractivity contribution in [3.05, 3.63) is 34.7 Å². The molecule has 82 valence electrons. The van der Waals surface area contributed by atoms with Gasteiger partial charge in [-0.15, -0.1) is 11.3 Å². The van der Waals surface area contributed by atoms with Crippen LogP contribution in [-0.4, -0.2) is 23.2 Å². The molecule has 1 heterocycles. The van der Waals surface area contributed by atoms with Crippen LogP contribution in [0.5, 0.6) is 5.75 Å². The summed E-state index contributed by atoms with van der Waals surface area (Å²) in [4.78, 5) is 14.7. The standard InChI is InChI=1S/C11H9NO3S/c1-15-8-4-2-7(3-5-8)9-6-16-10(12-9)11(13)14/h2-6H,1H3,(H,13,14). The third kappa shape index (κ3) is 2.04. The van der Waals surface area contributed by atoms with Gasteiger partial charge in [0, 0.05) is 10.9 Å². The number of carboxylic acid groups (broad SMARTS) is 1. The summed E-state index contributed by atoms with van der Waals surface area (Å²) in [6.07, 6.45) is 0. The highest BCUT2D eigenvalue weighted by atomic mass is 32.1. The number of ether oxygens (including phenoxy) is 1. The third-order valence-electron chi connectivity index (χ3n) is 2.07. The van der Waals surface area contributed by atoms with E-state index in [0.717, 1.165) is 22.6 Å². The molecule has 0 aliphatic rings. The molecule has 0 saturated carbocycles. The van der Waals surface area contributed by atoms with Crippen molar-refractivity contribution >= 4 is 17.3 Å². The molecule has 1 aromatic carbocycles. The minimum atomic E-state index is -0.996. The first-order valence-electron chi connectivity index (χ1n) is 4.54. The zero-order valence-corrected chi connectivity index (χ0v) is 9.32. The summed E-state index contributed by atoms with van der Waals surface area (Å²) in [7, 11) is 1.60. The quantitative estimate of drug-likeness (QED) is 0.888. The van der Waals surface area contributed by atoms with Crippen molar-refractivity contribution in [3.63, 3.8) is 0 Å². The summed E-state index contributed by atoms with van der Waals surface area (Å²) in [5, 5.41) is 10.6. The Morgan fingerprint density at radius 3 is 2.56 bits per heavy atom. The molecule has 0 fully saturated rings. The van der Waals surface area contributed by atoms with Crippen LogP contribution in [0.4, 0.5) is 0 Å². The molecular weight excluding hydrogens is 226 g/mol. The molecule has 0 bridgehead atoms. The predicted octanol–water partition coefficient (Wildman–Crippen LogP) is 2.52. The number of aromatic carboxylic acids is 1. The molecule has 0 radical (unpaired) electrons. The predicted molar refractivity (Wildman–Crippen MR) is 61.1 cm³/mol. The molecule has 1 N–H and O–H groups in total. The van der Waals surface area contributed by atoms with Crippen LogP contribution in [0.3, 0.4) is 0 Å². The van der Waals surface area contributed by atoms with Gasteiger partial charge in [0.1, 0.15) is 5.75 Å². The maximum atomic E-state index is 10.7. The van der Waals surface area contributed by atoms with Crippen LogP contribution in [0.15, 0.2) is 29.6 Å². The summed E-state index contributed by atoms with van der Waals surface area (Å²) in [5.74, 6) is -0.234. The molecule has 0 atom stereocenters. The van der Waals surface area contributed by atoms with Crippen LogP contribution in [0.25, 0.3) is 11.3 Å². The van der Waals surface area contributed by atoms with Crippen molar-refractivity contribution in [2.45, 2.75) is 0 Å². The third-order valence-corrected chi connectivity index (χ3v) is 2.90. The summed E-state index contributed by atoms with van der Waals surface area (Å²) in [6.45, 7) is 0. The van der Waals surface area contributed by atoms with Crippen molar-refractivity contribution in [1.82, 2.24) is 4.98 Å². The maximum Gasteiger partial charge on any atom is 0.365 e. The lowest BCUT2D eigenvalue weighted by Crippen LogP contribution is -1.94. The molecule has 0 amide bonds. The van der Waals surface area contributed by atoms with E-state index in [9.17, 15) is 4.79 Å². The molecular formula is C11H9NO3S. The van der Waals surface area contributed by atoms with E-state index in [1.54, 1.807) is 12.5 Å². The number of hydrogen-bond donors (Lipinski definition) is 1. The molecule has 4 nitrogen and oxygen atoms in total. The number of hydrogen-bond acceptors (Lipinski definition) is 4. The topological polar surface area (TPSA) is 59.4 Å². The molecule has 0 aliphatic carbocycles. The van der Waals surface area contributed by atoms with Crippen LogP contribution in [0, 0.1) is 0 Å². The molecule has 16 heavy (non-hydrogen) atoms. The number of benzene rings is 1. The Morgan fingerprint density at radius 1 is 1.38 bits per heavy atom. The molecule has 1 aromatic heterocycles. The highest BCUT2D eigenvalue weighted by molar-refractivity contribution is 7.11. The smallest absolute Gasteiger partial charge is 0.365 e. The Morgan fingerprint density at radius 2 is 2.06 bits per heavy atom. The van der Waals surface area contributed by atoms with E-state index < -0.39 is 5.97 Å². The highest BCUT2D eigenvalue weighted by Gasteiger charge is 2.09. The number of carboxylic acids is 1. The van der Waals surface area contributed by atoms with Gasteiger partial charge >= 0.3 is 5.97 Å². The second-order valence-corrected chi connectivity index (χ2v) is 3.93. The van der Waals surface area contributed by atoms with Gasteiger partial charge in [-0.1, -0.05) is 0 Å². The Bertz CT molecular complexity index is 504. The normalized spacial score (nSPS) is 10.1. The monoisotopic (exact) mass is 235 g/mol. The first-order valence-corrected chi connectivity index (χ1v) is 5.42. The lowest BCUT2D eigenvalue weighted by molar-refractivity contribution is 0.0696. The van der Waals surface area contributed by atoms with E-state index in [2.05, 4.69) is 4.98 Å². The van der Waals surface area contributed by atoms with Crippen molar-refractivity contribution in [2.24, 2.45) is 0 Å². The molecule has 2 aromatic rings. The minimum absolute atomic E-state index is 0.103. The first-order chi connectivity index (χ1) is 7.70. The van der Waals surface area contributed by atoms with Crippen molar-refractivity contribution in [2.75, 3.05) is 7.11 Å². The molecule has 0 saturated heterocycles. The Hall–Kier alpha value is -1.88. The van der Waals surface area contributed by atoms with Gasteiger partial charge in [-0.25, -0.2) is 9.78 Å². The fourth-order valence-electron chi connectivity index (χ4n) is 1.27. The summed E-state index contributed by atoms with van der Waals surface area (Å²) >= 11 is 1.12. The Labute approximate surface area is 96.1 Å². The summed E-state index contributed by atoms with van der Waals surface area (Å²) in [5.41, 5.74) is 1.55. The van der Waals surface area contributed by atoms with Crippen LogP contribution >= 0.6 is 11.3 Å². The summed E-state index contributed by atoms with van der Waals surface area (Å²) in [6, 6.07) is 7.32. The van der Waals surface area contributed by atoms with Crippen molar-refractivity contribution in [1.29, 1.82) is 0 Å². The zero-order chi connectivity index (χ0) is 11.5. The van der Waals surface area contributed by atoms with Gasteiger partial charge in [0.25, 0.3) is 0 Å². The van der Waals surface area contributed by atoms with E-state index in [4.69, 9.17) is 9.84 Å². The summed E-state index contributed by atoms with van der Waals surface area (Å²) < 4.78 is 5.04. The second kappa shape index (κ2) is 4.32. The molecule has 0 aliphatic heterocycles. The van der Waals surface area contributed by atoms with Crippen molar-refractivity contribution < 1.29 is 14.6 Å². The second-order valence-electron chi connectivity index (χ2n) is 3.07. The zero-order valence-electron chi connectivity index (χ0n) is 8.51. The van der Waals surface area contributed by atoms with Gasteiger partial charge in [-0.3, -0.25) is 0 Å². The van der Waals surface area contributed by atoms with Crippen LogP contribution < -0.4 is 4.74 Å². The van der Waals surface area contributed by atoms with Gasteiger partial charge in [0.05, 0.1) is 12.8 Å². The van der Waals surface area contributed by atoms with Crippen LogP contribution in [-0.2, 0) is 0 Å². The maximum absolute atomic E-state index is 10.7. The number of carbonyl (C=O) groups is 1. The number of aromatic nitrogens is 1. The molecule has 0 unspecified atom stereocenters. The average Bonchev–Trinajstić information content (AvgIpc) is 2.78.